The molecule has 1 aromatic rings. The molecule has 9 heteroatoms. The van der Waals surface area contributed by atoms with Crippen LogP contribution in [0.25, 0.3) is 0 Å². The van der Waals surface area contributed by atoms with E-state index in [0.717, 1.165) is 16.7 Å². The lowest BCUT2D eigenvalue weighted by Gasteiger charge is -2.13. The van der Waals surface area contributed by atoms with Crippen LogP contribution in [0.15, 0.2) is 5.16 Å². The number of likely N-dealkylation sites (N-methyl/N-ethyl adjacent to an activating group) is 1. The molecule has 2 rings (SSSR count). The molecule has 0 bridgehead atoms. The maximum Gasteiger partial charge on any atom is 0.313 e. The van der Waals surface area contributed by atoms with Gasteiger partial charge in [-0.2, -0.15) is 0 Å². The fraction of sp³-hybridized carbons (Fsp3) is 0.500. The Morgan fingerprint density at radius 1 is 1.47 bits per heavy atom. The third-order valence-corrected chi connectivity index (χ3v) is 3.76. The summed E-state index contributed by atoms with van der Waals surface area (Å²) in [6, 6.07) is -0.677. The molecular formula is C10H12N4O4S. The molecule has 0 radical (unpaired) electrons. The monoisotopic (exact) mass is 284 g/mol. The van der Waals surface area contributed by atoms with Crippen molar-refractivity contribution in [2.24, 2.45) is 0 Å². The zero-order valence-corrected chi connectivity index (χ0v) is 11.2. The van der Waals surface area contributed by atoms with Crippen LogP contribution in [0, 0.1) is 6.92 Å². The van der Waals surface area contributed by atoms with Gasteiger partial charge in [0, 0.05) is 7.05 Å². The number of carboxylic acid groups (broad SMARTS) is 1. The average Bonchev–Trinajstić information content (AvgIpc) is 2.82. The third-order valence-electron chi connectivity index (χ3n) is 2.83. The van der Waals surface area contributed by atoms with Crippen molar-refractivity contribution in [2.45, 2.75) is 24.5 Å². The van der Waals surface area contributed by atoms with E-state index in [1.165, 1.54) is 11.6 Å². The number of amides is 2. The van der Waals surface area contributed by atoms with Crippen LogP contribution in [0.2, 0.25) is 0 Å². The van der Waals surface area contributed by atoms with E-state index in [-0.39, 0.29) is 24.0 Å². The Morgan fingerprint density at radius 2 is 2.16 bits per heavy atom. The Kier molecular flexibility index (Phi) is 3.56. The number of hydrogen-bond donors (Lipinski definition) is 1. The van der Waals surface area contributed by atoms with Crippen molar-refractivity contribution in [3.63, 3.8) is 0 Å². The predicted octanol–water partition coefficient (Wildman–Crippen LogP) is -0.307. The summed E-state index contributed by atoms with van der Waals surface area (Å²) in [5, 5.41) is 16.7. The smallest absolute Gasteiger partial charge is 0.313 e. The molecule has 1 aliphatic heterocycles. The second-order valence-electron chi connectivity index (χ2n) is 4.09. The fourth-order valence-electron chi connectivity index (χ4n) is 1.87. The zero-order valence-electron chi connectivity index (χ0n) is 10.4. The van der Waals surface area contributed by atoms with Gasteiger partial charge in [-0.15, -0.1) is 10.2 Å². The summed E-state index contributed by atoms with van der Waals surface area (Å²) in [6.07, 6.45) is 0.0504. The molecule has 1 saturated heterocycles. The molecule has 1 aliphatic rings. The molecule has 1 aromatic heterocycles. The maximum atomic E-state index is 12.0. The number of carboxylic acids is 1. The van der Waals surface area contributed by atoms with E-state index < -0.39 is 12.0 Å². The van der Waals surface area contributed by atoms with Gasteiger partial charge in [0.05, 0.1) is 12.2 Å². The summed E-state index contributed by atoms with van der Waals surface area (Å²) >= 11 is 0.975. The van der Waals surface area contributed by atoms with Gasteiger partial charge in [-0.1, -0.05) is 11.8 Å². The van der Waals surface area contributed by atoms with Crippen LogP contribution in [-0.4, -0.2) is 55.4 Å². The zero-order chi connectivity index (χ0) is 14.2. The molecule has 0 aromatic carbocycles. The molecular weight excluding hydrogens is 272 g/mol. The van der Waals surface area contributed by atoms with Gasteiger partial charge in [-0.05, 0) is 6.92 Å². The highest BCUT2D eigenvalue weighted by Crippen LogP contribution is 2.29. The number of carbonyl (C=O) groups excluding carboxylic acids is 2. The molecule has 8 nitrogen and oxygen atoms in total. The highest BCUT2D eigenvalue weighted by Gasteiger charge is 2.39. The number of aryl methyl sites for hydroxylation is 1. The first-order valence-corrected chi connectivity index (χ1v) is 6.47. The van der Waals surface area contributed by atoms with E-state index in [1.807, 2.05) is 0 Å². The third kappa shape index (κ3) is 2.46. The van der Waals surface area contributed by atoms with E-state index >= 15 is 0 Å². The molecule has 2 heterocycles. The standard InChI is InChI=1S/C10H12N4O4S/c1-5-11-12-10(19-4-8(16)17)14(5)6-3-7(15)13(2)9(6)18/h6H,3-4H2,1-2H3,(H,16,17). The van der Waals surface area contributed by atoms with Crippen molar-refractivity contribution < 1.29 is 19.5 Å². The van der Waals surface area contributed by atoms with Crippen molar-refractivity contribution in [1.82, 2.24) is 19.7 Å². The van der Waals surface area contributed by atoms with E-state index in [2.05, 4.69) is 10.2 Å². The Balaban J connectivity index is 2.29. The molecule has 0 aliphatic carbocycles. The molecule has 0 spiro atoms. The Labute approximate surface area is 112 Å². The molecule has 1 N–H and O–H groups in total. The number of thioether (sulfide) groups is 1. The number of carbonyl (C=O) groups is 3. The van der Waals surface area contributed by atoms with Crippen LogP contribution in [0.1, 0.15) is 18.3 Å². The Hall–Kier alpha value is -1.90. The van der Waals surface area contributed by atoms with Crippen molar-refractivity contribution >= 4 is 29.5 Å². The number of nitrogens with zero attached hydrogens (tertiary/aromatic N) is 4. The summed E-state index contributed by atoms with van der Waals surface area (Å²) in [4.78, 5) is 35.1. The van der Waals surface area contributed by atoms with E-state index in [4.69, 9.17) is 5.11 Å². The van der Waals surface area contributed by atoms with Gasteiger partial charge < -0.3 is 5.11 Å². The number of likely N-dealkylation sites (tertiary alicyclic amines) is 1. The molecule has 1 atom stereocenters. The first kappa shape index (κ1) is 13.5. The van der Waals surface area contributed by atoms with Crippen LogP contribution in [0.5, 0.6) is 0 Å². The summed E-state index contributed by atoms with van der Waals surface area (Å²) < 4.78 is 1.53. The molecule has 1 fully saturated rings. The summed E-state index contributed by atoms with van der Waals surface area (Å²) in [7, 11) is 1.43. The summed E-state index contributed by atoms with van der Waals surface area (Å²) in [6.45, 7) is 1.66. The topological polar surface area (TPSA) is 105 Å². The van der Waals surface area contributed by atoms with Gasteiger partial charge in [-0.3, -0.25) is 23.9 Å². The van der Waals surface area contributed by atoms with Gasteiger partial charge in [0.25, 0.3) is 5.91 Å². The number of aromatic nitrogens is 3. The largest absolute Gasteiger partial charge is 0.481 e. The fourth-order valence-corrected chi connectivity index (χ4v) is 2.62. The maximum absolute atomic E-state index is 12.0. The van der Waals surface area contributed by atoms with Crippen LogP contribution in [0.4, 0.5) is 0 Å². The molecule has 102 valence electrons. The number of aliphatic carboxylic acids is 1. The molecule has 1 unspecified atom stereocenters. The SMILES string of the molecule is Cc1nnc(SCC(=O)O)n1C1CC(=O)N(C)C1=O. The first-order valence-electron chi connectivity index (χ1n) is 5.48. The predicted molar refractivity (Wildman–Crippen MR) is 64.5 cm³/mol. The van der Waals surface area contributed by atoms with Crippen molar-refractivity contribution in [3.05, 3.63) is 5.82 Å². The van der Waals surface area contributed by atoms with Crippen molar-refractivity contribution in [1.29, 1.82) is 0 Å². The Morgan fingerprint density at radius 3 is 2.68 bits per heavy atom. The van der Waals surface area contributed by atoms with Crippen LogP contribution in [0.3, 0.4) is 0 Å². The summed E-state index contributed by atoms with van der Waals surface area (Å²) in [5.74, 6) is -1.28. The average molecular weight is 284 g/mol. The molecule has 19 heavy (non-hydrogen) atoms. The van der Waals surface area contributed by atoms with Gasteiger partial charge >= 0.3 is 5.97 Å². The van der Waals surface area contributed by atoms with Crippen molar-refractivity contribution in [2.75, 3.05) is 12.8 Å². The van der Waals surface area contributed by atoms with Crippen molar-refractivity contribution in [3.8, 4) is 0 Å². The molecule has 0 saturated carbocycles. The number of hydrogen-bond acceptors (Lipinski definition) is 6. The highest BCUT2D eigenvalue weighted by molar-refractivity contribution is 7.99. The summed E-state index contributed by atoms with van der Waals surface area (Å²) in [5.41, 5.74) is 0. The highest BCUT2D eigenvalue weighted by atomic mass is 32.2. The van der Waals surface area contributed by atoms with Gasteiger partial charge in [0.15, 0.2) is 5.16 Å². The van der Waals surface area contributed by atoms with Gasteiger partial charge in [0.2, 0.25) is 5.91 Å². The molecule has 2 amide bonds. The minimum Gasteiger partial charge on any atom is -0.481 e. The lowest BCUT2D eigenvalue weighted by Crippen LogP contribution is -2.27. The quantitative estimate of drug-likeness (QED) is 0.597. The van der Waals surface area contributed by atoms with E-state index in [1.54, 1.807) is 6.92 Å². The lowest BCUT2D eigenvalue weighted by molar-refractivity contribution is -0.137. The van der Waals surface area contributed by atoms with Crippen LogP contribution >= 0.6 is 11.8 Å². The normalized spacial score (nSPS) is 19.3. The van der Waals surface area contributed by atoms with Gasteiger partial charge in [0.1, 0.15) is 11.9 Å². The van der Waals surface area contributed by atoms with Gasteiger partial charge in [-0.25, -0.2) is 0 Å². The van der Waals surface area contributed by atoms with Crippen LogP contribution < -0.4 is 0 Å². The second-order valence-corrected chi connectivity index (χ2v) is 5.04. The van der Waals surface area contributed by atoms with E-state index in [9.17, 15) is 14.4 Å². The first-order chi connectivity index (χ1) is 8.91. The number of rotatable bonds is 4. The minimum atomic E-state index is -0.983. The lowest BCUT2D eigenvalue weighted by atomic mass is 10.2. The van der Waals surface area contributed by atoms with E-state index in [0.29, 0.717) is 11.0 Å². The second kappa shape index (κ2) is 5.00. The Bertz CT molecular complexity index is 556. The van der Waals surface area contributed by atoms with Crippen LogP contribution in [-0.2, 0) is 14.4 Å². The number of imide groups is 1. The minimum absolute atomic E-state index is 0.0504.